The van der Waals surface area contributed by atoms with Crippen LogP contribution in [0.4, 0.5) is 10.7 Å². The molecule has 1 heterocycles. The molecule has 0 aliphatic heterocycles. The van der Waals surface area contributed by atoms with Crippen LogP contribution in [-0.4, -0.2) is 18.0 Å². The van der Waals surface area contributed by atoms with Crippen molar-refractivity contribution in [1.82, 2.24) is 0 Å². The summed E-state index contributed by atoms with van der Waals surface area (Å²) >= 11 is 1.12. The van der Waals surface area contributed by atoms with Crippen molar-refractivity contribution in [3.8, 4) is 0 Å². The lowest BCUT2D eigenvalue weighted by atomic mass is 9.98. The molecule has 0 spiro atoms. The molecule has 6 heteroatoms. The van der Waals surface area contributed by atoms with Crippen LogP contribution < -0.4 is 11.1 Å². The Morgan fingerprint density at radius 2 is 1.84 bits per heavy atom. The zero-order valence-corrected chi connectivity index (χ0v) is 15.0. The number of para-hydroxylation sites is 1. The van der Waals surface area contributed by atoms with Crippen molar-refractivity contribution >= 4 is 33.9 Å². The van der Waals surface area contributed by atoms with Crippen molar-refractivity contribution in [1.29, 1.82) is 0 Å². The van der Waals surface area contributed by atoms with E-state index >= 15 is 0 Å². The summed E-state index contributed by atoms with van der Waals surface area (Å²) in [7, 11) is 0. The minimum absolute atomic E-state index is 0.0402. The molecule has 1 aromatic carbocycles. The molecule has 3 N–H and O–H groups in total. The lowest BCUT2D eigenvalue weighted by molar-refractivity contribution is 0.0212. The zero-order chi connectivity index (χ0) is 17.8. The highest BCUT2D eigenvalue weighted by Crippen LogP contribution is 2.33. The van der Waals surface area contributed by atoms with Gasteiger partial charge in [0.15, 0.2) is 0 Å². The molecule has 1 fully saturated rings. The highest BCUT2D eigenvalue weighted by Gasteiger charge is 2.27. The van der Waals surface area contributed by atoms with E-state index in [4.69, 9.17) is 10.5 Å². The third-order valence-electron chi connectivity index (χ3n) is 4.44. The second-order valence-corrected chi connectivity index (χ2v) is 7.33. The first-order valence-electron chi connectivity index (χ1n) is 8.52. The van der Waals surface area contributed by atoms with Crippen molar-refractivity contribution < 1.29 is 14.3 Å². The van der Waals surface area contributed by atoms with Crippen LogP contribution in [0.3, 0.4) is 0 Å². The van der Waals surface area contributed by atoms with Gasteiger partial charge in [-0.25, -0.2) is 4.79 Å². The average Bonchev–Trinajstić information content (AvgIpc) is 2.91. The Balaban J connectivity index is 1.75. The minimum atomic E-state index is -0.420. The monoisotopic (exact) mass is 358 g/mol. The zero-order valence-electron chi connectivity index (χ0n) is 14.2. The predicted molar refractivity (Wildman–Crippen MR) is 100 cm³/mol. The Morgan fingerprint density at radius 3 is 2.52 bits per heavy atom. The van der Waals surface area contributed by atoms with Crippen molar-refractivity contribution in [3.63, 3.8) is 0 Å². The summed E-state index contributed by atoms with van der Waals surface area (Å²) in [6.45, 7) is 1.74. The topological polar surface area (TPSA) is 81.4 Å². The molecular weight excluding hydrogens is 336 g/mol. The largest absolute Gasteiger partial charge is 0.459 e. The van der Waals surface area contributed by atoms with Gasteiger partial charge in [0.1, 0.15) is 11.1 Å². The van der Waals surface area contributed by atoms with Gasteiger partial charge in [0.2, 0.25) is 0 Å². The predicted octanol–water partition coefficient (Wildman–Crippen LogP) is 4.38. The summed E-state index contributed by atoms with van der Waals surface area (Å²) in [6, 6.07) is 9.19. The molecule has 1 aliphatic rings. The molecule has 2 aromatic rings. The first-order chi connectivity index (χ1) is 12.1. The normalized spacial score (nSPS) is 14.9. The number of nitrogens with two attached hydrogens (primary N) is 1. The molecule has 1 aromatic heterocycles. The number of ether oxygens (including phenoxy) is 1. The Kier molecular flexibility index (Phi) is 5.38. The van der Waals surface area contributed by atoms with Gasteiger partial charge < -0.3 is 15.8 Å². The summed E-state index contributed by atoms with van der Waals surface area (Å²) in [6.07, 6.45) is 5.12. The number of anilines is 2. The number of esters is 1. The number of nitrogen functional groups attached to an aromatic ring is 1. The SMILES string of the molecule is Cc1c(C(=O)Nc2ccccc2)sc(N)c1C(=O)OC1CCCCC1. The molecule has 0 bridgehead atoms. The first kappa shape index (κ1) is 17.5. The Morgan fingerprint density at radius 1 is 1.16 bits per heavy atom. The summed E-state index contributed by atoms with van der Waals surface area (Å²) < 4.78 is 5.61. The maximum absolute atomic E-state index is 12.5. The Labute approximate surface area is 151 Å². The lowest BCUT2D eigenvalue weighted by Gasteiger charge is -2.21. The van der Waals surface area contributed by atoms with Gasteiger partial charge in [-0.15, -0.1) is 11.3 Å². The molecule has 0 unspecified atom stereocenters. The van der Waals surface area contributed by atoms with E-state index in [1.165, 1.54) is 6.42 Å². The van der Waals surface area contributed by atoms with Crippen LogP contribution in [0.2, 0.25) is 0 Å². The number of amides is 1. The van der Waals surface area contributed by atoms with E-state index in [0.717, 1.165) is 37.0 Å². The fourth-order valence-electron chi connectivity index (χ4n) is 3.11. The van der Waals surface area contributed by atoms with E-state index in [2.05, 4.69) is 5.32 Å². The minimum Gasteiger partial charge on any atom is -0.459 e. The Hall–Kier alpha value is -2.34. The fraction of sp³-hybridized carbons (Fsp3) is 0.368. The number of rotatable bonds is 4. The average molecular weight is 358 g/mol. The smallest absolute Gasteiger partial charge is 0.341 e. The van der Waals surface area contributed by atoms with Gasteiger partial charge in [-0.1, -0.05) is 24.6 Å². The Bertz CT molecular complexity index is 764. The van der Waals surface area contributed by atoms with E-state index in [0.29, 0.717) is 26.7 Å². The molecule has 1 aliphatic carbocycles. The molecule has 0 saturated heterocycles. The van der Waals surface area contributed by atoms with Crippen LogP contribution in [0, 0.1) is 6.92 Å². The highest BCUT2D eigenvalue weighted by molar-refractivity contribution is 7.18. The third kappa shape index (κ3) is 4.02. The number of nitrogens with one attached hydrogen (secondary N) is 1. The number of thiophene rings is 1. The number of carbonyl (C=O) groups is 2. The maximum atomic E-state index is 12.5. The van der Waals surface area contributed by atoms with Crippen molar-refractivity contribution in [2.75, 3.05) is 11.1 Å². The van der Waals surface area contributed by atoms with Crippen LogP contribution in [0.1, 0.15) is 57.7 Å². The number of benzene rings is 1. The van der Waals surface area contributed by atoms with Crippen LogP contribution >= 0.6 is 11.3 Å². The highest BCUT2D eigenvalue weighted by atomic mass is 32.1. The molecule has 25 heavy (non-hydrogen) atoms. The quantitative estimate of drug-likeness (QED) is 0.795. The molecule has 0 radical (unpaired) electrons. The van der Waals surface area contributed by atoms with E-state index in [9.17, 15) is 9.59 Å². The summed E-state index contributed by atoms with van der Waals surface area (Å²) in [5, 5.41) is 3.15. The van der Waals surface area contributed by atoms with E-state index in [-0.39, 0.29) is 12.0 Å². The van der Waals surface area contributed by atoms with Gasteiger partial charge in [0.05, 0.1) is 10.4 Å². The maximum Gasteiger partial charge on any atom is 0.341 e. The standard InChI is InChI=1S/C19H22N2O3S/c1-12-15(19(23)24-14-10-6-3-7-11-14)17(20)25-16(12)18(22)21-13-8-4-2-5-9-13/h2,4-5,8-9,14H,3,6-7,10-11,20H2,1H3,(H,21,22). The third-order valence-corrected chi connectivity index (χ3v) is 5.56. The molecular formula is C19H22N2O3S. The van der Waals surface area contributed by atoms with Crippen LogP contribution in [0.5, 0.6) is 0 Å². The summed E-state index contributed by atoms with van der Waals surface area (Å²) in [4.78, 5) is 25.5. The molecule has 3 rings (SSSR count). The molecule has 132 valence electrons. The molecule has 0 atom stereocenters. The summed E-state index contributed by atoms with van der Waals surface area (Å²) in [5.74, 6) is -0.686. The first-order valence-corrected chi connectivity index (χ1v) is 9.34. The van der Waals surface area contributed by atoms with E-state index in [1.54, 1.807) is 6.92 Å². The van der Waals surface area contributed by atoms with Crippen LogP contribution in [0.15, 0.2) is 30.3 Å². The van der Waals surface area contributed by atoms with Crippen molar-refractivity contribution in [2.24, 2.45) is 0 Å². The molecule has 1 saturated carbocycles. The van der Waals surface area contributed by atoms with Gasteiger partial charge in [-0.05, 0) is 50.3 Å². The van der Waals surface area contributed by atoms with Crippen molar-refractivity contribution in [3.05, 3.63) is 46.3 Å². The van der Waals surface area contributed by atoms with Gasteiger partial charge in [-0.2, -0.15) is 0 Å². The second kappa shape index (κ2) is 7.70. The van der Waals surface area contributed by atoms with E-state index < -0.39 is 5.97 Å². The van der Waals surface area contributed by atoms with Crippen molar-refractivity contribution in [2.45, 2.75) is 45.1 Å². The molecule has 5 nitrogen and oxygen atoms in total. The second-order valence-electron chi connectivity index (χ2n) is 6.28. The lowest BCUT2D eigenvalue weighted by Crippen LogP contribution is -2.21. The van der Waals surface area contributed by atoms with Gasteiger partial charge in [0.25, 0.3) is 5.91 Å². The van der Waals surface area contributed by atoms with Crippen LogP contribution in [-0.2, 0) is 4.74 Å². The van der Waals surface area contributed by atoms with Gasteiger partial charge >= 0.3 is 5.97 Å². The molecule has 1 amide bonds. The fourth-order valence-corrected chi connectivity index (χ4v) is 4.07. The number of hydrogen-bond acceptors (Lipinski definition) is 5. The van der Waals surface area contributed by atoms with Gasteiger partial charge in [0, 0.05) is 5.69 Å². The van der Waals surface area contributed by atoms with Crippen LogP contribution in [0.25, 0.3) is 0 Å². The number of hydrogen-bond donors (Lipinski definition) is 2. The summed E-state index contributed by atoms with van der Waals surface area (Å²) in [5.41, 5.74) is 7.62. The number of carbonyl (C=O) groups excluding carboxylic acids is 2. The van der Waals surface area contributed by atoms with E-state index in [1.807, 2.05) is 30.3 Å². The van der Waals surface area contributed by atoms with Gasteiger partial charge in [-0.3, -0.25) is 4.79 Å².